The van der Waals surface area contributed by atoms with Crippen LogP contribution in [0.4, 0.5) is 10.1 Å². The molecule has 0 heterocycles. The topological polar surface area (TPSA) is 56.5 Å². The van der Waals surface area contributed by atoms with Crippen LogP contribution in [0.1, 0.15) is 12.8 Å². The van der Waals surface area contributed by atoms with Crippen LogP contribution in [0, 0.1) is 11.7 Å². The molecule has 0 aliphatic heterocycles. The molecule has 2 rings (SSSR count). The van der Waals surface area contributed by atoms with Crippen LogP contribution in [0.25, 0.3) is 0 Å². The summed E-state index contributed by atoms with van der Waals surface area (Å²) in [6, 6.07) is 4.74. The number of rotatable bonds is 7. The first kappa shape index (κ1) is 14.1. The Bertz CT molecular complexity index is 437. The van der Waals surface area contributed by atoms with Gasteiger partial charge in [0.2, 0.25) is 0 Å². The fourth-order valence-corrected chi connectivity index (χ4v) is 2.45. The van der Waals surface area contributed by atoms with Crippen LogP contribution in [0.2, 0.25) is 0 Å². The van der Waals surface area contributed by atoms with Gasteiger partial charge in [0.05, 0.1) is 19.3 Å². The fourth-order valence-electron chi connectivity index (χ4n) is 2.45. The van der Waals surface area contributed by atoms with Gasteiger partial charge in [-0.2, -0.15) is 0 Å². The standard InChI is InChI=1S/C14H21FN2O2/c1-18-9-14(8-16,10-3-4-10)17-11-5-6-12(15)13(7-11)19-2/h5-7,10,17H,3-4,8-9,16H2,1-2H3. The number of benzene rings is 1. The zero-order chi connectivity index (χ0) is 13.9. The predicted octanol–water partition coefficient (Wildman–Crippen LogP) is 2.00. The zero-order valence-electron chi connectivity index (χ0n) is 11.4. The predicted molar refractivity (Wildman–Crippen MR) is 73.0 cm³/mol. The summed E-state index contributed by atoms with van der Waals surface area (Å²) in [6.45, 7) is 1.01. The van der Waals surface area contributed by atoms with Gasteiger partial charge in [0.15, 0.2) is 11.6 Å². The van der Waals surface area contributed by atoms with Gasteiger partial charge < -0.3 is 20.5 Å². The molecule has 3 N–H and O–H groups in total. The molecule has 0 spiro atoms. The Morgan fingerprint density at radius 3 is 2.68 bits per heavy atom. The van der Waals surface area contributed by atoms with Crippen LogP contribution in [-0.4, -0.2) is 32.9 Å². The third-order valence-corrected chi connectivity index (χ3v) is 3.67. The summed E-state index contributed by atoms with van der Waals surface area (Å²) >= 11 is 0. The molecule has 0 amide bonds. The molecule has 1 aliphatic rings. The summed E-state index contributed by atoms with van der Waals surface area (Å²) in [5, 5.41) is 3.41. The number of halogens is 1. The quantitative estimate of drug-likeness (QED) is 0.794. The van der Waals surface area contributed by atoms with E-state index in [-0.39, 0.29) is 17.1 Å². The summed E-state index contributed by atoms with van der Waals surface area (Å²) < 4.78 is 23.7. The minimum atomic E-state index is -0.371. The van der Waals surface area contributed by atoms with Gasteiger partial charge >= 0.3 is 0 Å². The molecule has 0 bridgehead atoms. The average Bonchev–Trinajstić information content (AvgIpc) is 3.25. The van der Waals surface area contributed by atoms with E-state index in [1.54, 1.807) is 19.2 Å². The first-order valence-corrected chi connectivity index (χ1v) is 6.46. The second-order valence-electron chi connectivity index (χ2n) is 5.04. The van der Waals surface area contributed by atoms with Crippen molar-refractivity contribution in [2.24, 2.45) is 11.7 Å². The minimum Gasteiger partial charge on any atom is -0.494 e. The third kappa shape index (κ3) is 2.98. The van der Waals surface area contributed by atoms with Crippen molar-refractivity contribution >= 4 is 5.69 Å². The van der Waals surface area contributed by atoms with E-state index in [1.807, 2.05) is 0 Å². The molecule has 1 atom stereocenters. The van der Waals surface area contributed by atoms with Gasteiger partial charge in [-0.3, -0.25) is 0 Å². The lowest BCUT2D eigenvalue weighted by atomic mass is 9.93. The van der Waals surface area contributed by atoms with Gasteiger partial charge in [-0.05, 0) is 30.9 Å². The van der Waals surface area contributed by atoms with Crippen LogP contribution in [0.3, 0.4) is 0 Å². The molecule has 0 radical (unpaired) electrons. The first-order chi connectivity index (χ1) is 9.15. The first-order valence-electron chi connectivity index (χ1n) is 6.46. The number of ether oxygens (including phenoxy) is 2. The molecule has 1 aromatic carbocycles. The Morgan fingerprint density at radius 1 is 1.42 bits per heavy atom. The molecule has 106 valence electrons. The number of anilines is 1. The molecule has 1 fully saturated rings. The third-order valence-electron chi connectivity index (χ3n) is 3.67. The normalized spacial score (nSPS) is 17.9. The van der Waals surface area contributed by atoms with Crippen LogP contribution in [0.15, 0.2) is 18.2 Å². The van der Waals surface area contributed by atoms with E-state index in [1.165, 1.54) is 13.2 Å². The van der Waals surface area contributed by atoms with E-state index in [4.69, 9.17) is 15.2 Å². The molecule has 1 saturated carbocycles. The number of hydrogen-bond acceptors (Lipinski definition) is 4. The van der Waals surface area contributed by atoms with Crippen molar-refractivity contribution in [3.8, 4) is 5.75 Å². The van der Waals surface area contributed by atoms with Gasteiger partial charge in [-0.25, -0.2) is 4.39 Å². The van der Waals surface area contributed by atoms with E-state index in [2.05, 4.69) is 5.32 Å². The SMILES string of the molecule is COCC(CN)(Nc1ccc(F)c(OC)c1)C1CC1. The van der Waals surface area contributed by atoms with Crippen molar-refractivity contribution in [2.75, 3.05) is 32.7 Å². The molecular formula is C14H21FN2O2. The molecule has 5 heteroatoms. The Hall–Kier alpha value is -1.33. The number of nitrogens with one attached hydrogen (secondary N) is 1. The molecular weight excluding hydrogens is 247 g/mol. The van der Waals surface area contributed by atoms with Crippen molar-refractivity contribution in [3.05, 3.63) is 24.0 Å². The van der Waals surface area contributed by atoms with Crippen LogP contribution >= 0.6 is 0 Å². The highest BCUT2D eigenvalue weighted by Crippen LogP contribution is 2.41. The van der Waals surface area contributed by atoms with Crippen molar-refractivity contribution in [2.45, 2.75) is 18.4 Å². The largest absolute Gasteiger partial charge is 0.494 e. The maximum Gasteiger partial charge on any atom is 0.165 e. The Labute approximate surface area is 113 Å². The summed E-state index contributed by atoms with van der Waals surface area (Å²) in [5.74, 6) is 0.363. The van der Waals surface area contributed by atoms with E-state index >= 15 is 0 Å². The van der Waals surface area contributed by atoms with E-state index in [0.29, 0.717) is 19.1 Å². The van der Waals surface area contributed by atoms with Crippen molar-refractivity contribution < 1.29 is 13.9 Å². The average molecular weight is 268 g/mol. The lowest BCUT2D eigenvalue weighted by Gasteiger charge is -2.34. The Morgan fingerprint density at radius 2 is 2.16 bits per heavy atom. The lowest BCUT2D eigenvalue weighted by molar-refractivity contribution is 0.134. The highest BCUT2D eigenvalue weighted by Gasteiger charge is 2.44. The fraction of sp³-hybridized carbons (Fsp3) is 0.571. The van der Waals surface area contributed by atoms with Gasteiger partial charge in [-0.15, -0.1) is 0 Å². The summed E-state index contributed by atoms with van der Waals surface area (Å²) in [6.07, 6.45) is 2.29. The van der Waals surface area contributed by atoms with Crippen LogP contribution in [0.5, 0.6) is 5.75 Å². The molecule has 19 heavy (non-hydrogen) atoms. The van der Waals surface area contributed by atoms with Gasteiger partial charge in [0.1, 0.15) is 0 Å². The Balaban J connectivity index is 2.21. The van der Waals surface area contributed by atoms with Crippen molar-refractivity contribution in [3.63, 3.8) is 0 Å². The van der Waals surface area contributed by atoms with Crippen molar-refractivity contribution in [1.29, 1.82) is 0 Å². The van der Waals surface area contributed by atoms with Gasteiger partial charge in [-0.1, -0.05) is 0 Å². The molecule has 4 nitrogen and oxygen atoms in total. The molecule has 1 aromatic rings. The number of nitrogens with two attached hydrogens (primary N) is 1. The van der Waals surface area contributed by atoms with Crippen LogP contribution < -0.4 is 15.8 Å². The van der Waals surface area contributed by atoms with Gasteiger partial charge in [0, 0.05) is 25.4 Å². The molecule has 1 unspecified atom stereocenters. The number of methoxy groups -OCH3 is 2. The molecule has 0 aromatic heterocycles. The molecule has 0 saturated heterocycles. The van der Waals surface area contributed by atoms with E-state index in [9.17, 15) is 4.39 Å². The number of hydrogen-bond donors (Lipinski definition) is 2. The van der Waals surface area contributed by atoms with Crippen LogP contribution in [-0.2, 0) is 4.74 Å². The summed E-state index contributed by atoms with van der Waals surface area (Å²) in [4.78, 5) is 0. The highest BCUT2D eigenvalue weighted by atomic mass is 19.1. The van der Waals surface area contributed by atoms with E-state index in [0.717, 1.165) is 18.5 Å². The summed E-state index contributed by atoms with van der Waals surface area (Å²) in [7, 11) is 3.12. The molecule has 1 aliphatic carbocycles. The maximum atomic E-state index is 13.4. The Kier molecular flexibility index (Phi) is 4.27. The lowest BCUT2D eigenvalue weighted by Crippen LogP contribution is -2.51. The van der Waals surface area contributed by atoms with Crippen molar-refractivity contribution in [1.82, 2.24) is 0 Å². The maximum absolute atomic E-state index is 13.4. The second-order valence-corrected chi connectivity index (χ2v) is 5.04. The van der Waals surface area contributed by atoms with E-state index < -0.39 is 0 Å². The smallest absolute Gasteiger partial charge is 0.165 e. The zero-order valence-corrected chi connectivity index (χ0v) is 11.4. The van der Waals surface area contributed by atoms with Gasteiger partial charge in [0.25, 0.3) is 0 Å². The monoisotopic (exact) mass is 268 g/mol. The highest BCUT2D eigenvalue weighted by molar-refractivity contribution is 5.51. The minimum absolute atomic E-state index is 0.226. The summed E-state index contributed by atoms with van der Waals surface area (Å²) in [5.41, 5.74) is 6.45. The second kappa shape index (κ2) is 5.75.